The van der Waals surface area contributed by atoms with Gasteiger partial charge in [-0.05, 0) is 31.2 Å². The highest BCUT2D eigenvalue weighted by Crippen LogP contribution is 2.20. The van der Waals surface area contributed by atoms with Gasteiger partial charge >= 0.3 is 0 Å². The van der Waals surface area contributed by atoms with Gasteiger partial charge < -0.3 is 19.6 Å². The first kappa shape index (κ1) is 19.6. The minimum atomic E-state index is 0.119. The van der Waals surface area contributed by atoms with Crippen molar-refractivity contribution in [1.29, 1.82) is 0 Å². The van der Waals surface area contributed by atoms with Crippen molar-refractivity contribution >= 4 is 17.5 Å². The summed E-state index contributed by atoms with van der Waals surface area (Å²) in [5.74, 6) is 2.07. The predicted molar refractivity (Wildman–Crippen MR) is 116 cm³/mol. The highest BCUT2D eigenvalue weighted by Gasteiger charge is 2.24. The summed E-state index contributed by atoms with van der Waals surface area (Å²) < 4.78 is 0. The first-order valence-corrected chi connectivity index (χ1v) is 10.5. The number of carbonyl (C=O) groups is 1. The molecule has 1 aromatic heterocycles. The molecule has 154 valence electrons. The number of aromatic nitrogens is 2. The van der Waals surface area contributed by atoms with Crippen LogP contribution in [0.2, 0.25) is 0 Å². The zero-order chi connectivity index (χ0) is 20.2. The quantitative estimate of drug-likeness (QED) is 0.788. The van der Waals surface area contributed by atoms with Gasteiger partial charge in [-0.15, -0.1) is 0 Å². The third-order valence-corrected chi connectivity index (χ3v) is 5.97. The van der Waals surface area contributed by atoms with E-state index >= 15 is 0 Å². The zero-order valence-electron chi connectivity index (χ0n) is 17.4. The Morgan fingerprint density at radius 3 is 1.97 bits per heavy atom. The third-order valence-electron chi connectivity index (χ3n) is 5.97. The Hall–Kier alpha value is -2.67. The van der Waals surface area contributed by atoms with Crippen LogP contribution in [0, 0.1) is 0 Å². The van der Waals surface area contributed by atoms with E-state index in [1.165, 1.54) is 5.56 Å². The van der Waals surface area contributed by atoms with Gasteiger partial charge in [0.2, 0.25) is 0 Å². The Bertz CT molecular complexity index is 823. The van der Waals surface area contributed by atoms with Crippen LogP contribution in [0.4, 0.5) is 11.6 Å². The van der Waals surface area contributed by atoms with Crippen LogP contribution in [0.5, 0.6) is 0 Å². The van der Waals surface area contributed by atoms with Gasteiger partial charge in [0, 0.05) is 64.0 Å². The number of aryl methyl sites for hydroxylation is 1. The lowest BCUT2D eigenvalue weighted by molar-refractivity contribution is 0.0746. The molecule has 29 heavy (non-hydrogen) atoms. The van der Waals surface area contributed by atoms with Gasteiger partial charge in [-0.2, -0.15) is 0 Å². The highest BCUT2D eigenvalue weighted by molar-refractivity contribution is 5.94. The molecule has 7 nitrogen and oxygen atoms in total. The number of rotatable bonds is 4. The summed E-state index contributed by atoms with van der Waals surface area (Å²) in [5, 5.41) is 0. The number of piperazine rings is 2. The topological polar surface area (TPSA) is 55.8 Å². The lowest BCUT2D eigenvalue weighted by Crippen LogP contribution is -2.49. The number of hydrogen-bond donors (Lipinski definition) is 0. The fraction of sp³-hybridized carbons (Fsp3) is 0.500. The van der Waals surface area contributed by atoms with Gasteiger partial charge in [0.05, 0.1) is 0 Å². The molecule has 7 heteroatoms. The number of carbonyl (C=O) groups excluding carboxylic acids is 1. The van der Waals surface area contributed by atoms with E-state index in [-0.39, 0.29) is 5.91 Å². The van der Waals surface area contributed by atoms with E-state index in [0.29, 0.717) is 13.1 Å². The van der Waals surface area contributed by atoms with Crippen molar-refractivity contribution < 1.29 is 4.79 Å². The second-order valence-corrected chi connectivity index (χ2v) is 7.85. The number of benzene rings is 1. The van der Waals surface area contributed by atoms with Crippen molar-refractivity contribution in [2.45, 2.75) is 13.3 Å². The van der Waals surface area contributed by atoms with Crippen LogP contribution in [-0.4, -0.2) is 85.1 Å². The molecule has 2 fully saturated rings. The van der Waals surface area contributed by atoms with E-state index in [1.54, 1.807) is 6.33 Å². The number of amides is 1. The van der Waals surface area contributed by atoms with Crippen LogP contribution in [0.1, 0.15) is 22.8 Å². The summed E-state index contributed by atoms with van der Waals surface area (Å²) >= 11 is 0. The maximum Gasteiger partial charge on any atom is 0.253 e. The largest absolute Gasteiger partial charge is 0.354 e. The highest BCUT2D eigenvalue weighted by atomic mass is 16.2. The smallest absolute Gasteiger partial charge is 0.253 e. The number of nitrogens with zero attached hydrogens (tertiary/aromatic N) is 6. The molecular weight excluding hydrogens is 364 g/mol. The normalized spacial score (nSPS) is 18.2. The van der Waals surface area contributed by atoms with Crippen LogP contribution < -0.4 is 9.80 Å². The van der Waals surface area contributed by atoms with Gasteiger partial charge in [-0.1, -0.05) is 19.1 Å². The first-order chi connectivity index (χ1) is 14.1. The molecule has 0 radical (unpaired) electrons. The average Bonchev–Trinajstić information content (AvgIpc) is 2.79. The van der Waals surface area contributed by atoms with Crippen molar-refractivity contribution in [1.82, 2.24) is 19.8 Å². The monoisotopic (exact) mass is 394 g/mol. The second-order valence-electron chi connectivity index (χ2n) is 7.85. The fourth-order valence-corrected chi connectivity index (χ4v) is 3.92. The van der Waals surface area contributed by atoms with Gasteiger partial charge in [0.15, 0.2) is 0 Å². The second kappa shape index (κ2) is 8.78. The van der Waals surface area contributed by atoms with E-state index in [2.05, 4.69) is 44.7 Å². The van der Waals surface area contributed by atoms with Gasteiger partial charge in [-0.3, -0.25) is 4.79 Å². The Morgan fingerprint density at radius 1 is 0.862 bits per heavy atom. The molecular formula is C22H30N6O. The van der Waals surface area contributed by atoms with E-state index in [0.717, 1.165) is 62.9 Å². The van der Waals surface area contributed by atoms with Crippen molar-refractivity contribution in [3.05, 3.63) is 47.8 Å². The lowest BCUT2D eigenvalue weighted by atomic mass is 10.1. The molecule has 3 heterocycles. The summed E-state index contributed by atoms with van der Waals surface area (Å²) in [6.45, 7) is 9.22. The average molecular weight is 395 g/mol. The van der Waals surface area contributed by atoms with Gasteiger partial charge in [0.1, 0.15) is 18.0 Å². The summed E-state index contributed by atoms with van der Waals surface area (Å²) in [7, 11) is 2.15. The van der Waals surface area contributed by atoms with Crippen LogP contribution >= 0.6 is 0 Å². The molecule has 2 aromatic rings. The molecule has 0 atom stereocenters. The van der Waals surface area contributed by atoms with Gasteiger partial charge in [-0.25, -0.2) is 9.97 Å². The number of hydrogen-bond acceptors (Lipinski definition) is 6. The molecule has 2 aliphatic rings. The third kappa shape index (κ3) is 4.50. The minimum absolute atomic E-state index is 0.119. The molecule has 2 saturated heterocycles. The Morgan fingerprint density at radius 2 is 1.41 bits per heavy atom. The summed E-state index contributed by atoms with van der Waals surface area (Å²) in [6.07, 6.45) is 2.65. The molecule has 2 aliphatic heterocycles. The maximum absolute atomic E-state index is 12.8. The molecule has 0 unspecified atom stereocenters. The van der Waals surface area contributed by atoms with Crippen molar-refractivity contribution in [2.75, 3.05) is 69.2 Å². The van der Waals surface area contributed by atoms with E-state index < -0.39 is 0 Å². The number of anilines is 2. The van der Waals surface area contributed by atoms with Gasteiger partial charge in [0.25, 0.3) is 5.91 Å². The molecule has 0 N–H and O–H groups in total. The molecule has 4 rings (SSSR count). The van der Waals surface area contributed by atoms with Crippen LogP contribution in [0.3, 0.4) is 0 Å². The minimum Gasteiger partial charge on any atom is -0.354 e. The van der Waals surface area contributed by atoms with Crippen LogP contribution in [0.25, 0.3) is 0 Å². The predicted octanol–water partition coefficient (Wildman–Crippen LogP) is 1.75. The Balaban J connectivity index is 1.36. The molecule has 0 spiro atoms. The first-order valence-electron chi connectivity index (χ1n) is 10.5. The SMILES string of the molecule is CCc1ccc(C(=O)N2CCN(c3cc(N4CCN(C)CC4)ncn3)CC2)cc1. The Labute approximate surface area is 172 Å². The standard InChI is InChI=1S/C22H30N6O/c1-3-18-4-6-19(7-5-18)22(29)28-14-12-27(13-15-28)21-16-20(23-17-24-21)26-10-8-25(2)9-11-26/h4-7,16-17H,3,8-15H2,1-2H3. The molecule has 1 aromatic carbocycles. The summed E-state index contributed by atoms with van der Waals surface area (Å²) in [4.78, 5) is 30.6. The summed E-state index contributed by atoms with van der Waals surface area (Å²) in [5.41, 5.74) is 2.03. The van der Waals surface area contributed by atoms with Crippen LogP contribution in [0.15, 0.2) is 36.7 Å². The van der Waals surface area contributed by atoms with Crippen molar-refractivity contribution in [3.63, 3.8) is 0 Å². The molecule has 0 saturated carbocycles. The fourth-order valence-electron chi connectivity index (χ4n) is 3.92. The Kier molecular flexibility index (Phi) is 5.94. The lowest BCUT2D eigenvalue weighted by Gasteiger charge is -2.36. The van der Waals surface area contributed by atoms with E-state index in [9.17, 15) is 4.79 Å². The molecule has 0 aliphatic carbocycles. The van der Waals surface area contributed by atoms with Crippen molar-refractivity contribution in [3.8, 4) is 0 Å². The molecule has 1 amide bonds. The summed E-state index contributed by atoms with van der Waals surface area (Å²) in [6, 6.07) is 10.1. The number of likely N-dealkylation sites (N-methyl/N-ethyl adjacent to an activating group) is 1. The van der Waals surface area contributed by atoms with E-state index in [1.807, 2.05) is 29.2 Å². The molecule has 0 bridgehead atoms. The maximum atomic E-state index is 12.8. The van der Waals surface area contributed by atoms with E-state index in [4.69, 9.17) is 0 Å². The van der Waals surface area contributed by atoms with Crippen LogP contribution in [-0.2, 0) is 6.42 Å². The van der Waals surface area contributed by atoms with Crippen molar-refractivity contribution in [2.24, 2.45) is 0 Å². The zero-order valence-corrected chi connectivity index (χ0v) is 17.4.